The Morgan fingerprint density at radius 3 is 2.71 bits per heavy atom. The zero-order valence-corrected chi connectivity index (χ0v) is 21.3. The first-order chi connectivity index (χ1) is 17.1. The Kier molecular flexibility index (Phi) is 7.10. The second kappa shape index (κ2) is 10.3. The topological polar surface area (TPSA) is 83.1 Å². The number of carbonyl (C=O) groups is 2. The molecule has 9 heteroatoms. The average molecular weight is 507 g/mol. The zero-order chi connectivity index (χ0) is 23.9. The summed E-state index contributed by atoms with van der Waals surface area (Å²) in [6.07, 6.45) is 9.04. The third-order valence-electron chi connectivity index (χ3n) is 8.95. The van der Waals surface area contributed by atoms with Gasteiger partial charge >= 0.3 is 0 Å². The molecular formula is C26H39ClN4O4. The SMILES string of the molecule is O=C(NCCN1CCOCC1)C1=CN2C3CC(Cl)CCC3OC3CC(NCC4CC4)CC(C1=O)C32. The number of morpholine rings is 2. The highest BCUT2D eigenvalue weighted by Crippen LogP contribution is 2.45. The van der Waals surface area contributed by atoms with E-state index in [1.165, 1.54) is 12.8 Å². The molecule has 3 aliphatic carbocycles. The number of ether oxygens (including phenoxy) is 2. The summed E-state index contributed by atoms with van der Waals surface area (Å²) in [4.78, 5) is 31.6. The van der Waals surface area contributed by atoms with E-state index in [2.05, 4.69) is 20.4 Å². The van der Waals surface area contributed by atoms with E-state index in [1.54, 1.807) is 0 Å². The van der Waals surface area contributed by atoms with Gasteiger partial charge in [0.15, 0.2) is 5.78 Å². The predicted molar refractivity (Wildman–Crippen MR) is 132 cm³/mol. The van der Waals surface area contributed by atoms with E-state index in [0.717, 1.165) is 77.4 Å². The number of Topliss-reactive ketones (excluding diaryl/α,β-unsaturated/α-hetero) is 1. The van der Waals surface area contributed by atoms with Crippen LogP contribution in [0.4, 0.5) is 0 Å². The molecule has 2 N–H and O–H groups in total. The first-order valence-electron chi connectivity index (χ1n) is 13.7. The summed E-state index contributed by atoms with van der Waals surface area (Å²) in [7, 11) is 0. The van der Waals surface area contributed by atoms with E-state index in [4.69, 9.17) is 21.1 Å². The molecule has 0 aromatic carbocycles. The van der Waals surface area contributed by atoms with Crippen molar-refractivity contribution >= 4 is 23.3 Å². The van der Waals surface area contributed by atoms with Gasteiger partial charge in [-0.15, -0.1) is 11.6 Å². The lowest BCUT2D eigenvalue weighted by atomic mass is 9.70. The second-order valence-corrected chi connectivity index (χ2v) is 12.0. The van der Waals surface area contributed by atoms with Crippen LogP contribution in [0.5, 0.6) is 0 Å². The molecule has 8 nitrogen and oxygen atoms in total. The molecule has 0 aromatic heterocycles. The molecule has 6 rings (SSSR count). The molecule has 3 heterocycles. The fourth-order valence-corrected chi connectivity index (χ4v) is 7.15. The number of alkyl halides is 1. The van der Waals surface area contributed by atoms with Crippen molar-refractivity contribution < 1.29 is 19.1 Å². The monoisotopic (exact) mass is 506 g/mol. The maximum atomic E-state index is 13.7. The minimum Gasteiger partial charge on any atom is -0.379 e. The molecular weight excluding hydrogens is 468 g/mol. The molecule has 194 valence electrons. The Labute approximate surface area is 213 Å². The quantitative estimate of drug-likeness (QED) is 0.397. The highest BCUT2D eigenvalue weighted by molar-refractivity contribution is 6.21. The van der Waals surface area contributed by atoms with E-state index in [1.807, 2.05) is 6.20 Å². The number of hydrogen-bond acceptors (Lipinski definition) is 7. The van der Waals surface area contributed by atoms with E-state index in [-0.39, 0.29) is 53.3 Å². The van der Waals surface area contributed by atoms with Gasteiger partial charge in [-0.1, -0.05) is 0 Å². The van der Waals surface area contributed by atoms with Gasteiger partial charge in [-0.2, -0.15) is 0 Å². The molecule has 7 unspecified atom stereocenters. The smallest absolute Gasteiger partial charge is 0.256 e. The Hall–Kier alpha value is -1.19. The van der Waals surface area contributed by atoms with Gasteiger partial charge in [-0.25, -0.2) is 0 Å². The maximum absolute atomic E-state index is 13.7. The fourth-order valence-electron chi connectivity index (χ4n) is 6.84. The minimum absolute atomic E-state index is 0.00888. The van der Waals surface area contributed by atoms with Crippen LogP contribution in [0.25, 0.3) is 0 Å². The number of rotatable bonds is 7. The highest BCUT2D eigenvalue weighted by atomic mass is 35.5. The van der Waals surface area contributed by atoms with Crippen LogP contribution in [0, 0.1) is 11.8 Å². The molecule has 6 aliphatic rings. The molecule has 0 spiro atoms. The summed E-state index contributed by atoms with van der Waals surface area (Å²) < 4.78 is 12.1. The first-order valence-corrected chi connectivity index (χ1v) is 14.1. The number of fused-ring (bicyclic) bond motifs is 2. The highest BCUT2D eigenvalue weighted by Gasteiger charge is 2.55. The van der Waals surface area contributed by atoms with E-state index in [0.29, 0.717) is 12.1 Å². The lowest BCUT2D eigenvalue weighted by Gasteiger charge is -2.58. The molecule has 0 bridgehead atoms. The number of nitrogens with one attached hydrogen (secondary N) is 2. The van der Waals surface area contributed by atoms with Gasteiger partial charge in [0.1, 0.15) is 0 Å². The van der Waals surface area contributed by atoms with Crippen molar-refractivity contribution in [3.8, 4) is 0 Å². The lowest BCUT2D eigenvalue weighted by Crippen LogP contribution is -2.68. The number of ketones is 1. The Morgan fingerprint density at radius 1 is 1.09 bits per heavy atom. The van der Waals surface area contributed by atoms with Crippen molar-refractivity contribution in [1.29, 1.82) is 0 Å². The minimum atomic E-state index is -0.243. The fraction of sp³-hybridized carbons (Fsp3) is 0.846. The standard InChI is InChI=1S/C26H39ClN4O4/c27-17-3-4-22-21(11-17)31-15-20(26(33)28-5-6-30-7-9-34-10-8-30)25(32)19-12-18(29-14-16-1-2-16)13-23(35-22)24(19)31/h15-19,21-24,29H,1-14H2,(H,28,33). The van der Waals surface area contributed by atoms with Crippen molar-refractivity contribution in [2.75, 3.05) is 45.9 Å². The van der Waals surface area contributed by atoms with Crippen molar-refractivity contribution in [2.45, 2.75) is 80.7 Å². The van der Waals surface area contributed by atoms with Gasteiger partial charge in [0, 0.05) is 49.7 Å². The Morgan fingerprint density at radius 2 is 1.91 bits per heavy atom. The van der Waals surface area contributed by atoms with Crippen LogP contribution in [-0.4, -0.2) is 103 Å². The normalized spacial score (nSPS) is 39.5. The largest absolute Gasteiger partial charge is 0.379 e. The van der Waals surface area contributed by atoms with E-state index < -0.39 is 0 Å². The summed E-state index contributed by atoms with van der Waals surface area (Å²) in [6.45, 7) is 5.57. The summed E-state index contributed by atoms with van der Waals surface area (Å²) in [6, 6.07) is 0.405. The lowest BCUT2D eigenvalue weighted by molar-refractivity contribution is -0.183. The second-order valence-electron chi connectivity index (χ2n) is 11.4. The van der Waals surface area contributed by atoms with E-state index >= 15 is 0 Å². The first kappa shape index (κ1) is 24.2. The predicted octanol–water partition coefficient (Wildman–Crippen LogP) is 1.28. The molecule has 1 amide bonds. The van der Waals surface area contributed by atoms with Gasteiger partial charge in [0.05, 0.1) is 43.1 Å². The van der Waals surface area contributed by atoms with Crippen LogP contribution in [0.15, 0.2) is 11.8 Å². The molecule has 3 aliphatic heterocycles. The molecule has 3 saturated carbocycles. The van der Waals surface area contributed by atoms with Gasteiger partial charge in [-0.3, -0.25) is 14.5 Å². The number of carbonyl (C=O) groups excluding carboxylic acids is 2. The maximum Gasteiger partial charge on any atom is 0.256 e. The molecule has 5 fully saturated rings. The number of hydrogen-bond donors (Lipinski definition) is 2. The van der Waals surface area contributed by atoms with Crippen LogP contribution in [0.1, 0.15) is 44.9 Å². The van der Waals surface area contributed by atoms with Gasteiger partial charge in [0.2, 0.25) is 0 Å². The average Bonchev–Trinajstić information content (AvgIpc) is 3.70. The van der Waals surface area contributed by atoms with Crippen LogP contribution in [0.3, 0.4) is 0 Å². The van der Waals surface area contributed by atoms with Gasteiger partial charge in [0.25, 0.3) is 5.91 Å². The molecule has 35 heavy (non-hydrogen) atoms. The van der Waals surface area contributed by atoms with Crippen LogP contribution in [0.2, 0.25) is 0 Å². The summed E-state index contributed by atoms with van der Waals surface area (Å²) >= 11 is 6.59. The summed E-state index contributed by atoms with van der Waals surface area (Å²) in [5.41, 5.74) is 0.312. The molecule has 7 atom stereocenters. The van der Waals surface area contributed by atoms with Crippen molar-refractivity contribution in [3.05, 3.63) is 11.8 Å². The third kappa shape index (κ3) is 5.14. The summed E-state index contributed by atoms with van der Waals surface area (Å²) in [5, 5.41) is 6.87. The summed E-state index contributed by atoms with van der Waals surface area (Å²) in [5.74, 6) is 0.313. The number of nitrogens with zero attached hydrogens (tertiary/aromatic N) is 2. The van der Waals surface area contributed by atoms with Crippen molar-refractivity contribution in [1.82, 2.24) is 20.4 Å². The third-order valence-corrected chi connectivity index (χ3v) is 9.35. The number of halogens is 1. The molecule has 2 saturated heterocycles. The van der Waals surface area contributed by atoms with Crippen molar-refractivity contribution in [3.63, 3.8) is 0 Å². The molecule has 0 aromatic rings. The Balaban J connectivity index is 1.19. The number of amides is 1. The van der Waals surface area contributed by atoms with Crippen LogP contribution >= 0.6 is 11.6 Å². The van der Waals surface area contributed by atoms with Gasteiger partial charge < -0.3 is 25.0 Å². The molecule has 0 radical (unpaired) electrons. The van der Waals surface area contributed by atoms with Gasteiger partial charge in [-0.05, 0) is 57.4 Å². The zero-order valence-electron chi connectivity index (χ0n) is 20.5. The van der Waals surface area contributed by atoms with Crippen molar-refractivity contribution in [2.24, 2.45) is 11.8 Å². The van der Waals surface area contributed by atoms with E-state index in [9.17, 15) is 9.59 Å². The Bertz CT molecular complexity index is 845. The van der Waals surface area contributed by atoms with Crippen LogP contribution in [-0.2, 0) is 19.1 Å². The van der Waals surface area contributed by atoms with Crippen LogP contribution < -0.4 is 10.6 Å².